The molecule has 1 heterocycles. The number of nitrogens with one attached hydrogen (secondary N) is 1. The first-order valence-corrected chi connectivity index (χ1v) is 9.56. The predicted octanol–water partition coefficient (Wildman–Crippen LogP) is 3.74. The van der Waals surface area contributed by atoms with E-state index in [4.69, 9.17) is 14.0 Å². The Morgan fingerprint density at radius 1 is 1.17 bits per heavy atom. The van der Waals surface area contributed by atoms with Crippen LogP contribution < -0.4 is 5.32 Å². The van der Waals surface area contributed by atoms with Crippen LogP contribution in [0.4, 0.5) is 4.79 Å². The van der Waals surface area contributed by atoms with Gasteiger partial charge in [-0.2, -0.15) is 0 Å². The standard InChI is InChI=1S/C21H30BNO6/c1-19(2,3)27-18(26)23-12-16(22-28-20(4,5)21(6,7)29-22)11-14-9-8-10-15(13-24)17(14)25/h8-11,13,25H,12H2,1-7H3,(H,23,26). The summed E-state index contributed by atoms with van der Waals surface area (Å²) in [4.78, 5) is 23.3. The quantitative estimate of drug-likeness (QED) is 0.575. The molecule has 1 aromatic carbocycles. The lowest BCUT2D eigenvalue weighted by molar-refractivity contribution is 0.00578. The molecule has 1 saturated heterocycles. The van der Waals surface area contributed by atoms with E-state index >= 15 is 0 Å². The van der Waals surface area contributed by atoms with Gasteiger partial charge < -0.3 is 24.5 Å². The van der Waals surface area contributed by atoms with Crippen LogP contribution in [-0.2, 0) is 14.0 Å². The summed E-state index contributed by atoms with van der Waals surface area (Å²) in [6.45, 7) is 13.1. The highest BCUT2D eigenvalue weighted by atomic mass is 16.7. The second-order valence-electron chi connectivity index (χ2n) is 9.07. The van der Waals surface area contributed by atoms with E-state index in [0.29, 0.717) is 17.3 Å². The van der Waals surface area contributed by atoms with Crippen molar-refractivity contribution in [2.75, 3.05) is 6.54 Å². The maximum absolute atomic E-state index is 12.1. The fourth-order valence-corrected chi connectivity index (χ4v) is 2.68. The number of hydrogen-bond donors (Lipinski definition) is 2. The molecule has 158 valence electrons. The topological polar surface area (TPSA) is 94.1 Å². The third kappa shape index (κ3) is 5.61. The van der Waals surface area contributed by atoms with Gasteiger partial charge in [-0.05, 0) is 60.0 Å². The number of ether oxygens (including phenoxy) is 1. The van der Waals surface area contributed by atoms with E-state index in [0.717, 1.165) is 0 Å². The Morgan fingerprint density at radius 2 is 1.72 bits per heavy atom. The van der Waals surface area contributed by atoms with Gasteiger partial charge in [0.25, 0.3) is 0 Å². The molecule has 2 rings (SSSR count). The van der Waals surface area contributed by atoms with E-state index in [1.165, 1.54) is 6.07 Å². The second-order valence-corrected chi connectivity index (χ2v) is 9.07. The van der Waals surface area contributed by atoms with Crippen LogP contribution in [0.2, 0.25) is 0 Å². The Kier molecular flexibility index (Phi) is 6.50. The van der Waals surface area contributed by atoms with Gasteiger partial charge in [0.05, 0.1) is 16.8 Å². The van der Waals surface area contributed by atoms with Crippen LogP contribution in [0.3, 0.4) is 0 Å². The van der Waals surface area contributed by atoms with Gasteiger partial charge in [-0.25, -0.2) is 4.79 Å². The molecule has 1 aromatic rings. The highest BCUT2D eigenvalue weighted by Gasteiger charge is 2.52. The van der Waals surface area contributed by atoms with Crippen LogP contribution in [-0.4, -0.2) is 48.0 Å². The zero-order valence-electron chi connectivity index (χ0n) is 18.2. The third-order valence-electron chi connectivity index (χ3n) is 4.96. The minimum atomic E-state index is -0.741. The summed E-state index contributed by atoms with van der Waals surface area (Å²) < 4.78 is 17.5. The lowest BCUT2D eigenvalue weighted by Crippen LogP contribution is -2.41. The minimum absolute atomic E-state index is 0.0799. The molecule has 7 nitrogen and oxygen atoms in total. The molecule has 0 spiro atoms. The third-order valence-corrected chi connectivity index (χ3v) is 4.96. The average molecular weight is 403 g/mol. The molecule has 0 atom stereocenters. The maximum atomic E-state index is 12.1. The average Bonchev–Trinajstić information content (AvgIpc) is 2.79. The van der Waals surface area contributed by atoms with Crippen molar-refractivity contribution in [1.29, 1.82) is 0 Å². The van der Waals surface area contributed by atoms with Crippen LogP contribution >= 0.6 is 0 Å². The lowest BCUT2D eigenvalue weighted by Gasteiger charge is -2.32. The molecule has 1 fully saturated rings. The van der Waals surface area contributed by atoms with E-state index in [1.807, 2.05) is 27.7 Å². The van der Waals surface area contributed by atoms with Gasteiger partial charge in [0.2, 0.25) is 0 Å². The number of para-hydroxylation sites is 1. The molecule has 0 bridgehead atoms. The number of aldehydes is 1. The van der Waals surface area contributed by atoms with Gasteiger partial charge in [0.1, 0.15) is 11.4 Å². The zero-order valence-corrected chi connectivity index (χ0v) is 18.2. The first kappa shape index (κ1) is 23.0. The zero-order chi connectivity index (χ0) is 22.0. The van der Waals surface area contributed by atoms with E-state index in [-0.39, 0.29) is 17.9 Å². The largest absolute Gasteiger partial charge is 0.507 e. The summed E-state index contributed by atoms with van der Waals surface area (Å²) in [5.41, 5.74) is -0.607. The number of carbonyl (C=O) groups is 2. The van der Waals surface area contributed by atoms with Crippen molar-refractivity contribution in [3.63, 3.8) is 0 Å². The molecule has 0 radical (unpaired) electrons. The number of aromatic hydroxyl groups is 1. The highest BCUT2D eigenvalue weighted by Crippen LogP contribution is 2.39. The van der Waals surface area contributed by atoms with Gasteiger partial charge in [0.15, 0.2) is 6.29 Å². The highest BCUT2D eigenvalue weighted by molar-refractivity contribution is 6.56. The summed E-state index contributed by atoms with van der Waals surface area (Å²) in [6, 6.07) is 4.85. The summed E-state index contributed by atoms with van der Waals surface area (Å²) in [5, 5.41) is 13.0. The predicted molar refractivity (Wildman–Crippen MR) is 112 cm³/mol. The van der Waals surface area contributed by atoms with E-state index < -0.39 is 30.0 Å². The number of phenols is 1. The molecule has 0 unspecified atom stereocenters. The number of hydrogen-bond acceptors (Lipinski definition) is 6. The van der Waals surface area contributed by atoms with Gasteiger partial charge in [-0.15, -0.1) is 0 Å². The summed E-state index contributed by atoms with van der Waals surface area (Å²) in [6.07, 6.45) is 1.66. The molecule has 0 aromatic heterocycles. The maximum Gasteiger partial charge on any atom is 0.492 e. The van der Waals surface area contributed by atoms with Crippen LogP contribution in [0.25, 0.3) is 6.08 Å². The molecule has 8 heteroatoms. The second kappa shape index (κ2) is 8.20. The Balaban J connectivity index is 2.34. The van der Waals surface area contributed by atoms with Gasteiger partial charge >= 0.3 is 13.2 Å². The van der Waals surface area contributed by atoms with Crippen molar-refractivity contribution in [3.8, 4) is 5.75 Å². The number of carbonyl (C=O) groups excluding carboxylic acids is 2. The summed E-state index contributed by atoms with van der Waals surface area (Å²) >= 11 is 0. The van der Waals surface area contributed by atoms with Crippen LogP contribution in [0.1, 0.15) is 64.4 Å². The SMILES string of the molecule is CC(C)(C)OC(=O)NCC(=Cc1cccc(C=O)c1O)B1OC(C)(C)C(C)(C)O1. The Hall–Kier alpha value is -2.32. The molecule has 1 aliphatic heterocycles. The Bertz CT molecular complexity index is 794. The lowest BCUT2D eigenvalue weighted by atomic mass is 9.77. The van der Waals surface area contributed by atoms with Gasteiger partial charge in [0, 0.05) is 12.1 Å². The molecule has 0 aliphatic carbocycles. The van der Waals surface area contributed by atoms with Gasteiger partial charge in [-0.1, -0.05) is 18.2 Å². The molecule has 0 saturated carbocycles. The molecular formula is C21H30BNO6. The molecular weight excluding hydrogens is 373 g/mol. The molecule has 1 amide bonds. The molecule has 1 aliphatic rings. The van der Waals surface area contributed by atoms with Crippen molar-refractivity contribution in [2.45, 2.75) is 65.3 Å². The number of amides is 1. The smallest absolute Gasteiger partial charge is 0.492 e. The molecule has 29 heavy (non-hydrogen) atoms. The van der Waals surface area contributed by atoms with Gasteiger partial charge in [-0.3, -0.25) is 4.79 Å². The van der Waals surface area contributed by atoms with Crippen LogP contribution in [0.5, 0.6) is 5.75 Å². The molecule has 2 N–H and O–H groups in total. The van der Waals surface area contributed by atoms with Crippen LogP contribution in [0, 0.1) is 0 Å². The monoisotopic (exact) mass is 403 g/mol. The van der Waals surface area contributed by atoms with Crippen LogP contribution in [0.15, 0.2) is 23.7 Å². The number of phenolic OH excluding ortho intramolecular Hbond substituents is 1. The fourth-order valence-electron chi connectivity index (χ4n) is 2.68. The van der Waals surface area contributed by atoms with Crippen molar-refractivity contribution in [3.05, 3.63) is 34.8 Å². The Morgan fingerprint density at radius 3 is 2.24 bits per heavy atom. The minimum Gasteiger partial charge on any atom is -0.507 e. The number of rotatable bonds is 5. The Labute approximate surface area is 172 Å². The fraction of sp³-hybridized carbons (Fsp3) is 0.524. The van der Waals surface area contributed by atoms with Crippen molar-refractivity contribution < 1.29 is 28.7 Å². The normalized spacial score (nSPS) is 18.4. The summed E-state index contributed by atoms with van der Waals surface area (Å²) in [7, 11) is -0.741. The van der Waals surface area contributed by atoms with E-state index in [1.54, 1.807) is 39.0 Å². The van der Waals surface area contributed by atoms with E-state index in [9.17, 15) is 14.7 Å². The first-order valence-electron chi connectivity index (χ1n) is 9.56. The number of benzene rings is 1. The van der Waals surface area contributed by atoms with Crippen molar-refractivity contribution in [1.82, 2.24) is 5.32 Å². The number of alkyl carbamates (subject to hydrolysis) is 1. The summed E-state index contributed by atoms with van der Waals surface area (Å²) in [5.74, 6) is -0.145. The van der Waals surface area contributed by atoms with E-state index in [2.05, 4.69) is 5.32 Å². The first-order chi connectivity index (χ1) is 13.3. The van der Waals surface area contributed by atoms with Crippen molar-refractivity contribution >= 4 is 25.6 Å². The van der Waals surface area contributed by atoms with Crippen molar-refractivity contribution in [2.24, 2.45) is 0 Å².